The Hall–Kier alpha value is -1.43. The number of rotatable bonds is 1. The maximum atomic E-state index is 12.4. The molecule has 1 atom stereocenters. The van der Waals surface area contributed by atoms with Gasteiger partial charge in [0.05, 0.1) is 23.5 Å². The fraction of sp³-hybridized carbons (Fsp3) is 0.417. The Labute approximate surface area is 113 Å². The van der Waals surface area contributed by atoms with Crippen LogP contribution in [0, 0.1) is 0 Å². The fourth-order valence-electron chi connectivity index (χ4n) is 2.28. The lowest BCUT2D eigenvalue weighted by Gasteiger charge is -2.29. The van der Waals surface area contributed by atoms with E-state index in [1.807, 2.05) is 4.90 Å². The van der Waals surface area contributed by atoms with Gasteiger partial charge >= 0.3 is 0 Å². The van der Waals surface area contributed by atoms with Gasteiger partial charge in [0.15, 0.2) is 0 Å². The van der Waals surface area contributed by atoms with Crippen LogP contribution in [0.2, 0.25) is 0 Å². The zero-order valence-electron chi connectivity index (χ0n) is 9.79. The quantitative estimate of drug-likeness (QED) is 0.754. The number of piperidine rings is 1. The number of carbonyl (C=O) groups excluding carboxylic acids is 1. The summed E-state index contributed by atoms with van der Waals surface area (Å²) in [5, 5.41) is 4.17. The topological polar surface area (TPSA) is 50.5 Å². The average molecular weight is 309 g/mol. The second kappa shape index (κ2) is 4.68. The highest BCUT2D eigenvalue weighted by molar-refractivity contribution is 9.09. The first-order valence-electron chi connectivity index (χ1n) is 5.96. The van der Waals surface area contributed by atoms with Crippen molar-refractivity contribution in [1.29, 1.82) is 0 Å². The van der Waals surface area contributed by atoms with Crippen LogP contribution >= 0.6 is 15.9 Å². The summed E-state index contributed by atoms with van der Waals surface area (Å²) < 4.78 is 1.68. The number of nitrogens with zero attached hydrogens (tertiary/aromatic N) is 4. The van der Waals surface area contributed by atoms with Crippen LogP contribution in [0.1, 0.15) is 23.2 Å². The summed E-state index contributed by atoms with van der Waals surface area (Å²) >= 11 is 3.58. The Kier molecular flexibility index (Phi) is 3.03. The minimum atomic E-state index is 0.0437. The smallest absolute Gasteiger partial charge is 0.257 e. The van der Waals surface area contributed by atoms with Crippen LogP contribution in [-0.4, -0.2) is 43.3 Å². The van der Waals surface area contributed by atoms with Crippen molar-refractivity contribution in [2.24, 2.45) is 0 Å². The van der Waals surface area contributed by atoms with Crippen molar-refractivity contribution in [1.82, 2.24) is 19.5 Å². The van der Waals surface area contributed by atoms with Gasteiger partial charge in [-0.25, -0.2) is 4.52 Å². The molecule has 6 heteroatoms. The SMILES string of the molecule is O=C(c1cnn2ccncc12)N1CCCC(Br)C1. The van der Waals surface area contributed by atoms with Crippen molar-refractivity contribution in [3.63, 3.8) is 0 Å². The Bertz CT molecular complexity index is 582. The van der Waals surface area contributed by atoms with Crippen LogP contribution in [0.4, 0.5) is 0 Å². The highest BCUT2D eigenvalue weighted by Crippen LogP contribution is 2.20. The van der Waals surface area contributed by atoms with E-state index in [0.29, 0.717) is 10.4 Å². The number of halogens is 1. The summed E-state index contributed by atoms with van der Waals surface area (Å²) in [4.78, 5) is 18.8. The van der Waals surface area contributed by atoms with E-state index in [1.54, 1.807) is 29.3 Å². The van der Waals surface area contributed by atoms with E-state index < -0.39 is 0 Å². The Morgan fingerprint density at radius 3 is 3.17 bits per heavy atom. The predicted octanol–water partition coefficient (Wildman–Crippen LogP) is 1.73. The number of alkyl halides is 1. The molecule has 5 nitrogen and oxygen atoms in total. The summed E-state index contributed by atoms with van der Waals surface area (Å²) in [5.74, 6) is 0.0437. The van der Waals surface area contributed by atoms with Crippen molar-refractivity contribution in [3.05, 3.63) is 30.4 Å². The summed E-state index contributed by atoms with van der Waals surface area (Å²) in [6.45, 7) is 1.58. The minimum absolute atomic E-state index is 0.0437. The predicted molar refractivity (Wildman–Crippen MR) is 70.8 cm³/mol. The maximum absolute atomic E-state index is 12.4. The van der Waals surface area contributed by atoms with E-state index in [1.165, 1.54) is 0 Å². The Morgan fingerprint density at radius 2 is 2.33 bits per heavy atom. The van der Waals surface area contributed by atoms with Crippen molar-refractivity contribution in [2.75, 3.05) is 13.1 Å². The molecular weight excluding hydrogens is 296 g/mol. The molecule has 1 aliphatic rings. The first-order valence-corrected chi connectivity index (χ1v) is 6.88. The van der Waals surface area contributed by atoms with Crippen molar-refractivity contribution in [3.8, 4) is 0 Å². The summed E-state index contributed by atoms with van der Waals surface area (Å²) in [5.41, 5.74) is 1.39. The molecule has 0 saturated carbocycles. The van der Waals surface area contributed by atoms with Gasteiger partial charge in [-0.1, -0.05) is 15.9 Å². The zero-order valence-corrected chi connectivity index (χ0v) is 11.4. The van der Waals surface area contributed by atoms with Crippen LogP contribution in [0.25, 0.3) is 5.52 Å². The zero-order chi connectivity index (χ0) is 12.5. The molecule has 0 radical (unpaired) electrons. The van der Waals surface area contributed by atoms with Gasteiger partial charge in [0.1, 0.15) is 0 Å². The lowest BCUT2D eigenvalue weighted by Crippen LogP contribution is -2.40. The normalized spacial score (nSPS) is 20.3. The highest BCUT2D eigenvalue weighted by atomic mass is 79.9. The molecule has 1 fully saturated rings. The molecule has 18 heavy (non-hydrogen) atoms. The number of aromatic nitrogens is 3. The first kappa shape index (κ1) is 11.6. The molecule has 2 aromatic heterocycles. The van der Waals surface area contributed by atoms with Gasteiger partial charge in [-0.15, -0.1) is 0 Å². The van der Waals surface area contributed by atoms with E-state index in [9.17, 15) is 4.79 Å². The molecule has 0 N–H and O–H groups in total. The molecule has 2 aromatic rings. The summed E-state index contributed by atoms with van der Waals surface area (Å²) in [6.07, 6.45) is 8.87. The first-order chi connectivity index (χ1) is 8.75. The van der Waals surface area contributed by atoms with Gasteiger partial charge in [-0.05, 0) is 12.8 Å². The molecule has 94 valence electrons. The van der Waals surface area contributed by atoms with Crippen LogP contribution in [0.5, 0.6) is 0 Å². The molecule has 0 aromatic carbocycles. The molecular formula is C12H13BrN4O. The third-order valence-corrected chi connectivity index (χ3v) is 3.95. The van der Waals surface area contributed by atoms with Gasteiger partial charge in [-0.2, -0.15) is 5.10 Å². The molecule has 1 amide bonds. The second-order valence-electron chi connectivity index (χ2n) is 4.46. The van der Waals surface area contributed by atoms with E-state index in [4.69, 9.17) is 0 Å². The third kappa shape index (κ3) is 2.01. The molecule has 1 saturated heterocycles. The maximum Gasteiger partial charge on any atom is 0.257 e. The molecule has 0 bridgehead atoms. The van der Waals surface area contributed by atoms with Crippen molar-refractivity contribution < 1.29 is 4.79 Å². The Morgan fingerprint density at radius 1 is 1.44 bits per heavy atom. The van der Waals surface area contributed by atoms with Crippen LogP contribution in [0.3, 0.4) is 0 Å². The lowest BCUT2D eigenvalue weighted by molar-refractivity contribution is 0.0732. The van der Waals surface area contributed by atoms with Gasteiger partial charge in [0.2, 0.25) is 0 Å². The molecule has 1 aliphatic heterocycles. The summed E-state index contributed by atoms with van der Waals surface area (Å²) in [6, 6.07) is 0. The van der Waals surface area contributed by atoms with Crippen LogP contribution < -0.4 is 0 Å². The molecule has 3 heterocycles. The van der Waals surface area contributed by atoms with Crippen molar-refractivity contribution in [2.45, 2.75) is 17.7 Å². The molecule has 0 spiro atoms. The van der Waals surface area contributed by atoms with E-state index in [0.717, 1.165) is 31.4 Å². The number of fused-ring (bicyclic) bond motifs is 1. The van der Waals surface area contributed by atoms with E-state index in [2.05, 4.69) is 26.0 Å². The van der Waals surface area contributed by atoms with Crippen molar-refractivity contribution >= 4 is 27.4 Å². The van der Waals surface area contributed by atoms with E-state index in [-0.39, 0.29) is 5.91 Å². The van der Waals surface area contributed by atoms with Crippen LogP contribution in [-0.2, 0) is 0 Å². The standard InChI is InChI=1S/C12H13BrN4O/c13-9-2-1-4-16(8-9)12(18)10-6-15-17-5-3-14-7-11(10)17/h3,5-7,9H,1-2,4,8H2. The number of amides is 1. The van der Waals surface area contributed by atoms with Gasteiger partial charge < -0.3 is 4.90 Å². The largest absolute Gasteiger partial charge is 0.337 e. The van der Waals surface area contributed by atoms with Gasteiger partial charge in [0.25, 0.3) is 5.91 Å². The number of hydrogen-bond acceptors (Lipinski definition) is 3. The average Bonchev–Trinajstić information content (AvgIpc) is 2.82. The molecule has 3 rings (SSSR count). The van der Waals surface area contributed by atoms with Crippen LogP contribution in [0.15, 0.2) is 24.8 Å². The number of likely N-dealkylation sites (tertiary alicyclic amines) is 1. The monoisotopic (exact) mass is 308 g/mol. The highest BCUT2D eigenvalue weighted by Gasteiger charge is 2.24. The second-order valence-corrected chi connectivity index (χ2v) is 5.75. The van der Waals surface area contributed by atoms with Gasteiger partial charge in [0, 0.05) is 30.3 Å². The summed E-state index contributed by atoms with van der Waals surface area (Å²) in [7, 11) is 0. The number of carbonyl (C=O) groups is 1. The molecule has 1 unspecified atom stereocenters. The lowest BCUT2D eigenvalue weighted by atomic mass is 10.1. The Balaban J connectivity index is 1.92. The minimum Gasteiger partial charge on any atom is -0.337 e. The number of hydrogen-bond donors (Lipinski definition) is 0. The third-order valence-electron chi connectivity index (χ3n) is 3.21. The fourth-order valence-corrected chi connectivity index (χ4v) is 2.95. The molecule has 0 aliphatic carbocycles. The van der Waals surface area contributed by atoms with E-state index >= 15 is 0 Å². The van der Waals surface area contributed by atoms with Gasteiger partial charge in [-0.3, -0.25) is 9.78 Å².